The van der Waals surface area contributed by atoms with E-state index in [1.54, 1.807) is 5.57 Å². The maximum atomic E-state index is 4.35. The van der Waals surface area contributed by atoms with E-state index in [0.29, 0.717) is 10.8 Å². The molecule has 2 nitrogen and oxygen atoms in total. The van der Waals surface area contributed by atoms with E-state index >= 15 is 0 Å². The zero-order valence-corrected chi connectivity index (χ0v) is 8.59. The molecule has 2 atom stereocenters. The number of azo groups is 1. The van der Waals surface area contributed by atoms with Gasteiger partial charge in [-0.1, -0.05) is 20.8 Å². The quantitative estimate of drug-likeness (QED) is 0.541. The third kappa shape index (κ3) is 0.608. The fraction of sp³-hybridized carbons (Fsp3) is 0.818. The first kappa shape index (κ1) is 7.72. The Hall–Kier alpha value is -0.660. The Morgan fingerprint density at radius 2 is 2.08 bits per heavy atom. The van der Waals surface area contributed by atoms with Crippen molar-refractivity contribution in [3.05, 3.63) is 11.3 Å². The zero-order chi connectivity index (χ0) is 9.27. The van der Waals surface area contributed by atoms with Crippen molar-refractivity contribution in [3.8, 4) is 0 Å². The number of hydrogen-bond acceptors (Lipinski definition) is 2. The summed E-state index contributed by atoms with van der Waals surface area (Å²) in [6.45, 7) is 8.07. The molecule has 0 saturated heterocycles. The first-order valence-corrected chi connectivity index (χ1v) is 5.18. The van der Waals surface area contributed by atoms with Gasteiger partial charge in [-0.2, -0.15) is 10.2 Å². The predicted octanol–water partition coefficient (Wildman–Crippen LogP) is 3.16. The number of nitrogens with zero attached hydrogens (tertiary/aromatic N) is 2. The van der Waals surface area contributed by atoms with Crippen LogP contribution in [0, 0.1) is 16.7 Å². The summed E-state index contributed by atoms with van der Waals surface area (Å²) >= 11 is 0. The van der Waals surface area contributed by atoms with Gasteiger partial charge in [0.15, 0.2) is 0 Å². The Labute approximate surface area is 79.1 Å². The van der Waals surface area contributed by atoms with Crippen molar-refractivity contribution in [1.82, 2.24) is 0 Å². The second kappa shape index (κ2) is 1.89. The van der Waals surface area contributed by atoms with Crippen molar-refractivity contribution in [3.63, 3.8) is 0 Å². The molecular weight excluding hydrogens is 160 g/mol. The molecule has 2 aliphatic carbocycles. The van der Waals surface area contributed by atoms with Crippen LogP contribution in [-0.4, -0.2) is 6.54 Å². The summed E-state index contributed by atoms with van der Waals surface area (Å²) in [6.07, 6.45) is 2.66. The van der Waals surface area contributed by atoms with Crippen LogP contribution in [0.5, 0.6) is 0 Å². The molecule has 0 aromatic carbocycles. The molecular formula is C11H16N2. The maximum Gasteiger partial charge on any atom is 0.0837 e. The Morgan fingerprint density at radius 3 is 2.77 bits per heavy atom. The highest BCUT2D eigenvalue weighted by molar-refractivity contribution is 5.40. The molecule has 70 valence electrons. The summed E-state index contributed by atoms with van der Waals surface area (Å²) in [6, 6.07) is 0. The lowest BCUT2D eigenvalue weighted by molar-refractivity contribution is 0.166. The van der Waals surface area contributed by atoms with Crippen LogP contribution >= 0.6 is 0 Å². The Bertz CT molecular complexity index is 338. The maximum absolute atomic E-state index is 4.35. The van der Waals surface area contributed by atoms with Crippen LogP contribution in [0.2, 0.25) is 0 Å². The zero-order valence-electron chi connectivity index (χ0n) is 8.59. The van der Waals surface area contributed by atoms with Crippen molar-refractivity contribution >= 4 is 0 Å². The molecule has 13 heavy (non-hydrogen) atoms. The molecule has 0 radical (unpaired) electrons. The van der Waals surface area contributed by atoms with Gasteiger partial charge in [0.1, 0.15) is 0 Å². The van der Waals surface area contributed by atoms with Gasteiger partial charge in [-0.25, -0.2) is 0 Å². The summed E-state index contributed by atoms with van der Waals surface area (Å²) in [7, 11) is 0. The molecule has 0 aromatic heterocycles. The van der Waals surface area contributed by atoms with Crippen LogP contribution in [0.25, 0.3) is 0 Å². The molecule has 0 amide bonds. The highest BCUT2D eigenvalue weighted by Crippen LogP contribution is 2.68. The van der Waals surface area contributed by atoms with E-state index in [-0.39, 0.29) is 0 Å². The third-order valence-electron chi connectivity index (χ3n) is 4.89. The SMILES string of the molecule is CC12CCC(C3=C1N=NC3)C2(C)C. The topological polar surface area (TPSA) is 24.7 Å². The van der Waals surface area contributed by atoms with E-state index in [1.807, 2.05) is 0 Å². The molecule has 3 aliphatic rings. The van der Waals surface area contributed by atoms with Gasteiger partial charge >= 0.3 is 0 Å². The van der Waals surface area contributed by atoms with Crippen LogP contribution in [-0.2, 0) is 0 Å². The average molecular weight is 176 g/mol. The number of hydrogen-bond donors (Lipinski definition) is 0. The predicted molar refractivity (Wildman–Crippen MR) is 51.4 cm³/mol. The highest BCUT2D eigenvalue weighted by Gasteiger charge is 2.61. The van der Waals surface area contributed by atoms with E-state index in [1.165, 1.54) is 18.5 Å². The van der Waals surface area contributed by atoms with Crippen LogP contribution < -0.4 is 0 Å². The Kier molecular flexibility index (Phi) is 1.12. The van der Waals surface area contributed by atoms with Crippen molar-refractivity contribution in [2.75, 3.05) is 6.54 Å². The second-order valence-corrected chi connectivity index (χ2v) is 5.42. The third-order valence-corrected chi connectivity index (χ3v) is 4.89. The van der Waals surface area contributed by atoms with Gasteiger partial charge in [-0.3, -0.25) is 0 Å². The smallest absolute Gasteiger partial charge is 0.0837 e. The van der Waals surface area contributed by atoms with Crippen LogP contribution in [0.3, 0.4) is 0 Å². The highest BCUT2D eigenvalue weighted by atomic mass is 15.2. The molecule has 2 unspecified atom stereocenters. The van der Waals surface area contributed by atoms with E-state index in [9.17, 15) is 0 Å². The Balaban J connectivity index is 2.21. The standard InChI is InChI=1S/C11H16N2/c1-10(2)8-4-5-11(10,3)9-7(8)6-12-13-9/h8H,4-6H2,1-3H3. The minimum Gasteiger partial charge on any atom is -0.184 e. The van der Waals surface area contributed by atoms with Gasteiger partial charge in [-0.15, -0.1) is 0 Å². The summed E-state index contributed by atoms with van der Waals surface area (Å²) in [5.74, 6) is 0.766. The van der Waals surface area contributed by atoms with E-state index < -0.39 is 0 Å². The van der Waals surface area contributed by atoms with Crippen LogP contribution in [0.15, 0.2) is 21.5 Å². The summed E-state index contributed by atoms with van der Waals surface area (Å²) < 4.78 is 0. The van der Waals surface area contributed by atoms with Gasteiger partial charge in [0.2, 0.25) is 0 Å². The van der Waals surface area contributed by atoms with Gasteiger partial charge in [0.05, 0.1) is 12.2 Å². The van der Waals surface area contributed by atoms with Crippen molar-refractivity contribution < 1.29 is 0 Å². The average Bonchev–Trinajstić information content (AvgIpc) is 2.63. The Morgan fingerprint density at radius 1 is 1.31 bits per heavy atom. The normalized spacial score (nSPS) is 44.7. The van der Waals surface area contributed by atoms with Gasteiger partial charge < -0.3 is 0 Å². The molecule has 0 N–H and O–H groups in total. The summed E-state index contributed by atoms with van der Waals surface area (Å²) in [5.41, 5.74) is 3.65. The fourth-order valence-electron chi connectivity index (χ4n) is 3.60. The number of rotatable bonds is 0. The molecule has 0 spiro atoms. The lowest BCUT2D eigenvalue weighted by Crippen LogP contribution is -2.29. The molecule has 2 heteroatoms. The van der Waals surface area contributed by atoms with Crippen molar-refractivity contribution in [2.24, 2.45) is 27.0 Å². The largest absolute Gasteiger partial charge is 0.184 e. The lowest BCUT2D eigenvalue weighted by atomic mass is 9.69. The fourth-order valence-corrected chi connectivity index (χ4v) is 3.60. The van der Waals surface area contributed by atoms with E-state index in [2.05, 4.69) is 31.0 Å². The minimum absolute atomic E-state index is 0.326. The van der Waals surface area contributed by atoms with E-state index in [0.717, 1.165) is 12.5 Å². The van der Waals surface area contributed by atoms with Gasteiger partial charge in [0.25, 0.3) is 0 Å². The number of fused-ring (bicyclic) bond motifs is 4. The second-order valence-electron chi connectivity index (χ2n) is 5.42. The molecule has 1 heterocycles. The molecule has 1 fully saturated rings. The van der Waals surface area contributed by atoms with Crippen molar-refractivity contribution in [2.45, 2.75) is 33.6 Å². The van der Waals surface area contributed by atoms with Crippen molar-refractivity contribution in [1.29, 1.82) is 0 Å². The first-order valence-electron chi connectivity index (χ1n) is 5.18. The van der Waals surface area contributed by atoms with Gasteiger partial charge in [-0.05, 0) is 29.7 Å². The molecule has 1 aliphatic heterocycles. The van der Waals surface area contributed by atoms with Gasteiger partial charge in [0, 0.05) is 5.41 Å². The molecule has 3 rings (SSSR count). The first-order chi connectivity index (χ1) is 6.07. The van der Waals surface area contributed by atoms with E-state index in [4.69, 9.17) is 0 Å². The summed E-state index contributed by atoms with van der Waals surface area (Å²) in [4.78, 5) is 0. The van der Waals surface area contributed by atoms with Crippen LogP contribution in [0.1, 0.15) is 33.6 Å². The molecule has 0 aromatic rings. The minimum atomic E-state index is 0.326. The number of allylic oxidation sites excluding steroid dienone is 1. The lowest BCUT2D eigenvalue weighted by Gasteiger charge is -2.35. The summed E-state index contributed by atoms with van der Waals surface area (Å²) in [5, 5.41) is 8.52. The van der Waals surface area contributed by atoms with Crippen LogP contribution in [0.4, 0.5) is 0 Å². The monoisotopic (exact) mass is 176 g/mol. The molecule has 1 saturated carbocycles. The molecule has 2 bridgehead atoms.